The molecule has 1 fully saturated rings. The lowest BCUT2D eigenvalue weighted by Gasteiger charge is -2.36. The Morgan fingerprint density at radius 1 is 1.35 bits per heavy atom. The van der Waals surface area contributed by atoms with Crippen molar-refractivity contribution in [3.63, 3.8) is 0 Å². The summed E-state index contributed by atoms with van der Waals surface area (Å²) in [5.41, 5.74) is -0.517. The predicted molar refractivity (Wildman–Crippen MR) is 75.6 cm³/mol. The monoisotopic (exact) mass is 286 g/mol. The Morgan fingerprint density at radius 2 is 2.00 bits per heavy atom. The molecule has 0 saturated carbocycles. The molecule has 6 nitrogen and oxygen atoms in total. The van der Waals surface area contributed by atoms with E-state index in [9.17, 15) is 9.59 Å². The van der Waals surface area contributed by atoms with E-state index in [1.807, 2.05) is 27.8 Å². The van der Waals surface area contributed by atoms with Crippen molar-refractivity contribution in [1.82, 2.24) is 10.2 Å². The van der Waals surface area contributed by atoms with Gasteiger partial charge < -0.3 is 20.1 Å². The highest BCUT2D eigenvalue weighted by Gasteiger charge is 2.30. The summed E-state index contributed by atoms with van der Waals surface area (Å²) >= 11 is 0. The van der Waals surface area contributed by atoms with Crippen LogP contribution >= 0.6 is 0 Å². The van der Waals surface area contributed by atoms with E-state index in [4.69, 9.17) is 9.84 Å². The van der Waals surface area contributed by atoms with Crippen LogP contribution in [0.15, 0.2) is 0 Å². The van der Waals surface area contributed by atoms with Crippen molar-refractivity contribution in [2.45, 2.75) is 39.2 Å². The topological polar surface area (TPSA) is 78.9 Å². The summed E-state index contributed by atoms with van der Waals surface area (Å²) in [6.07, 6.45) is 0.598. The number of carbonyl (C=O) groups excluding carboxylic acids is 1. The fourth-order valence-corrected chi connectivity index (χ4v) is 2.52. The third kappa shape index (κ3) is 6.23. The standard InChI is InChI=1S/C14H26N2O4/c1-14(2,3)20-13(19)15-8-10-5-6-16(4)9-11(10)7-12(17)18/h10-11H,5-9H2,1-4H3,(H,15,19)(H,17,18). The van der Waals surface area contributed by atoms with Gasteiger partial charge in [-0.1, -0.05) is 0 Å². The van der Waals surface area contributed by atoms with E-state index < -0.39 is 17.7 Å². The molecular formula is C14H26N2O4. The van der Waals surface area contributed by atoms with Crippen LogP contribution in [0.4, 0.5) is 4.79 Å². The molecule has 2 N–H and O–H groups in total. The second kappa shape index (κ2) is 6.92. The van der Waals surface area contributed by atoms with E-state index in [0.29, 0.717) is 6.54 Å². The molecule has 0 bridgehead atoms. The van der Waals surface area contributed by atoms with Gasteiger partial charge in [0.25, 0.3) is 0 Å². The summed E-state index contributed by atoms with van der Waals surface area (Å²) in [7, 11) is 1.99. The predicted octanol–water partition coefficient (Wildman–Crippen LogP) is 1.55. The van der Waals surface area contributed by atoms with E-state index in [2.05, 4.69) is 10.2 Å². The van der Waals surface area contributed by atoms with Crippen molar-refractivity contribution in [2.75, 3.05) is 26.7 Å². The van der Waals surface area contributed by atoms with Crippen LogP contribution in [0.5, 0.6) is 0 Å². The fraction of sp³-hybridized carbons (Fsp3) is 0.857. The van der Waals surface area contributed by atoms with Gasteiger partial charge >= 0.3 is 12.1 Å². The Bertz CT molecular complexity index is 352. The molecule has 1 aliphatic rings. The van der Waals surface area contributed by atoms with E-state index in [-0.39, 0.29) is 18.3 Å². The number of ether oxygens (including phenoxy) is 1. The summed E-state index contributed by atoms with van der Waals surface area (Å²) in [4.78, 5) is 24.7. The summed E-state index contributed by atoms with van der Waals surface area (Å²) in [5, 5.41) is 11.7. The molecule has 0 aromatic carbocycles. The zero-order valence-electron chi connectivity index (χ0n) is 12.8. The summed E-state index contributed by atoms with van der Waals surface area (Å²) < 4.78 is 5.19. The third-order valence-electron chi connectivity index (χ3n) is 3.44. The van der Waals surface area contributed by atoms with Gasteiger partial charge in [0.1, 0.15) is 5.60 Å². The number of piperidine rings is 1. The highest BCUT2D eigenvalue weighted by atomic mass is 16.6. The summed E-state index contributed by atoms with van der Waals surface area (Å²) in [6.45, 7) is 7.60. The first-order chi connectivity index (χ1) is 9.17. The molecule has 116 valence electrons. The van der Waals surface area contributed by atoms with Crippen LogP contribution in [0.2, 0.25) is 0 Å². The Morgan fingerprint density at radius 3 is 2.55 bits per heavy atom. The van der Waals surface area contributed by atoms with Crippen molar-refractivity contribution in [3.8, 4) is 0 Å². The smallest absolute Gasteiger partial charge is 0.407 e. The molecule has 20 heavy (non-hydrogen) atoms. The van der Waals surface area contributed by atoms with Gasteiger partial charge in [-0.3, -0.25) is 4.79 Å². The Kier molecular flexibility index (Phi) is 5.80. The van der Waals surface area contributed by atoms with Crippen molar-refractivity contribution in [1.29, 1.82) is 0 Å². The van der Waals surface area contributed by atoms with Gasteiger partial charge in [-0.2, -0.15) is 0 Å². The average molecular weight is 286 g/mol. The summed E-state index contributed by atoms with van der Waals surface area (Å²) in [5.74, 6) is -0.524. The molecule has 0 aliphatic carbocycles. The number of amides is 1. The van der Waals surface area contributed by atoms with Crippen LogP contribution in [-0.4, -0.2) is 54.4 Å². The van der Waals surface area contributed by atoms with Gasteiger partial charge in [-0.15, -0.1) is 0 Å². The maximum absolute atomic E-state index is 11.6. The first kappa shape index (κ1) is 16.8. The van der Waals surface area contributed by atoms with Crippen LogP contribution in [-0.2, 0) is 9.53 Å². The SMILES string of the molecule is CN1CCC(CNC(=O)OC(C)(C)C)C(CC(=O)O)C1. The van der Waals surface area contributed by atoms with Crippen molar-refractivity contribution in [3.05, 3.63) is 0 Å². The number of carbonyl (C=O) groups is 2. The maximum atomic E-state index is 11.6. The molecule has 2 unspecified atom stereocenters. The van der Waals surface area contributed by atoms with Gasteiger partial charge in [0, 0.05) is 19.5 Å². The second-order valence-electron chi connectivity index (χ2n) is 6.55. The quantitative estimate of drug-likeness (QED) is 0.820. The number of nitrogens with one attached hydrogen (secondary N) is 1. The Labute approximate surface area is 120 Å². The number of likely N-dealkylation sites (tertiary alicyclic amines) is 1. The average Bonchev–Trinajstić information content (AvgIpc) is 2.24. The zero-order chi connectivity index (χ0) is 15.3. The van der Waals surface area contributed by atoms with E-state index in [1.54, 1.807) is 0 Å². The molecule has 1 aliphatic heterocycles. The lowest BCUT2D eigenvalue weighted by molar-refractivity contribution is -0.139. The number of hydrogen-bond donors (Lipinski definition) is 2. The maximum Gasteiger partial charge on any atom is 0.407 e. The van der Waals surface area contributed by atoms with Gasteiger partial charge in [-0.05, 0) is 52.6 Å². The van der Waals surface area contributed by atoms with Gasteiger partial charge in [0.2, 0.25) is 0 Å². The molecule has 1 heterocycles. The van der Waals surface area contributed by atoms with Gasteiger partial charge in [0.05, 0.1) is 0 Å². The highest BCUT2D eigenvalue weighted by Crippen LogP contribution is 2.25. The molecule has 1 amide bonds. The lowest BCUT2D eigenvalue weighted by Crippen LogP contribution is -2.44. The molecule has 0 aromatic heterocycles. The van der Waals surface area contributed by atoms with Gasteiger partial charge in [-0.25, -0.2) is 4.79 Å². The molecule has 0 radical (unpaired) electrons. The Hall–Kier alpha value is -1.30. The Balaban J connectivity index is 2.47. The van der Waals surface area contributed by atoms with Crippen molar-refractivity contribution in [2.24, 2.45) is 11.8 Å². The van der Waals surface area contributed by atoms with E-state index >= 15 is 0 Å². The number of carboxylic acids is 1. The first-order valence-corrected chi connectivity index (χ1v) is 7.04. The highest BCUT2D eigenvalue weighted by molar-refractivity contribution is 5.68. The van der Waals surface area contributed by atoms with E-state index in [0.717, 1.165) is 19.5 Å². The van der Waals surface area contributed by atoms with Crippen LogP contribution in [0.25, 0.3) is 0 Å². The normalized spacial score (nSPS) is 24.2. The van der Waals surface area contributed by atoms with Crippen LogP contribution in [0.1, 0.15) is 33.6 Å². The first-order valence-electron chi connectivity index (χ1n) is 7.04. The zero-order valence-corrected chi connectivity index (χ0v) is 12.8. The van der Waals surface area contributed by atoms with E-state index in [1.165, 1.54) is 0 Å². The largest absolute Gasteiger partial charge is 0.481 e. The molecule has 2 atom stereocenters. The second-order valence-corrected chi connectivity index (χ2v) is 6.55. The molecule has 6 heteroatoms. The third-order valence-corrected chi connectivity index (χ3v) is 3.44. The number of alkyl carbamates (subject to hydrolysis) is 1. The number of hydrogen-bond acceptors (Lipinski definition) is 4. The van der Waals surface area contributed by atoms with Crippen LogP contribution in [0.3, 0.4) is 0 Å². The number of nitrogens with zero attached hydrogens (tertiary/aromatic N) is 1. The minimum Gasteiger partial charge on any atom is -0.481 e. The number of aliphatic carboxylic acids is 1. The molecule has 0 spiro atoms. The van der Waals surface area contributed by atoms with Crippen LogP contribution < -0.4 is 5.32 Å². The molecule has 1 rings (SSSR count). The minimum atomic E-state index is -0.785. The minimum absolute atomic E-state index is 0.0705. The van der Waals surface area contributed by atoms with Crippen molar-refractivity contribution < 1.29 is 19.4 Å². The van der Waals surface area contributed by atoms with Crippen molar-refractivity contribution >= 4 is 12.1 Å². The van der Waals surface area contributed by atoms with Crippen LogP contribution in [0, 0.1) is 11.8 Å². The van der Waals surface area contributed by atoms with Gasteiger partial charge in [0.15, 0.2) is 0 Å². The molecule has 1 saturated heterocycles. The summed E-state index contributed by atoms with van der Waals surface area (Å²) in [6, 6.07) is 0. The number of rotatable bonds is 4. The number of carboxylic acid groups (broad SMARTS) is 1. The lowest BCUT2D eigenvalue weighted by atomic mass is 9.83. The fourth-order valence-electron chi connectivity index (χ4n) is 2.52. The molecule has 0 aromatic rings. The molecular weight excluding hydrogens is 260 g/mol.